The van der Waals surface area contributed by atoms with Gasteiger partial charge in [0.05, 0.1) is 31.0 Å². The smallest absolute Gasteiger partial charge is 0.170 e. The second kappa shape index (κ2) is 9.67. The summed E-state index contributed by atoms with van der Waals surface area (Å²) in [6.07, 6.45) is 10.7. The van der Waals surface area contributed by atoms with Crippen molar-refractivity contribution in [3.63, 3.8) is 0 Å². The Bertz CT molecular complexity index is 860. The minimum absolute atomic E-state index is 0.0654. The predicted molar refractivity (Wildman–Crippen MR) is 126 cm³/mol. The number of rotatable bonds is 6. The third-order valence-electron chi connectivity index (χ3n) is 7.04. The molecule has 0 unspecified atom stereocenters. The van der Waals surface area contributed by atoms with Crippen LogP contribution in [0.4, 0.5) is 0 Å². The molecule has 6 nitrogen and oxygen atoms in total. The highest BCUT2D eigenvalue weighted by Crippen LogP contribution is 2.41. The molecule has 5 rings (SSSR count). The molecule has 0 bridgehead atoms. The summed E-state index contributed by atoms with van der Waals surface area (Å²) >= 11 is 5.87. The third kappa shape index (κ3) is 4.49. The molecule has 166 valence electrons. The fraction of sp³-hybridized carbons (Fsp3) is 0.583. The number of hydrogen-bond acceptors (Lipinski definition) is 4. The quantitative estimate of drug-likeness (QED) is 0.693. The zero-order valence-corrected chi connectivity index (χ0v) is 19.0. The SMILES string of the molecule is S=C1N[C@@H](c2ccccn2)[C@@H](c2cccn2C2CCCCC2)N1CCN1CCOCC1. The zero-order chi connectivity index (χ0) is 21.0. The summed E-state index contributed by atoms with van der Waals surface area (Å²) in [5, 5.41) is 4.45. The molecule has 2 aromatic rings. The molecule has 2 saturated heterocycles. The fourth-order valence-corrected chi connectivity index (χ4v) is 5.72. The van der Waals surface area contributed by atoms with Gasteiger partial charge in [-0.1, -0.05) is 25.3 Å². The first-order valence-corrected chi connectivity index (χ1v) is 12.2. The van der Waals surface area contributed by atoms with E-state index in [0.717, 1.165) is 50.2 Å². The van der Waals surface area contributed by atoms with Gasteiger partial charge in [0.1, 0.15) is 0 Å². The van der Waals surface area contributed by atoms with Crippen LogP contribution in [0.1, 0.15) is 61.6 Å². The van der Waals surface area contributed by atoms with Gasteiger partial charge < -0.3 is 19.5 Å². The van der Waals surface area contributed by atoms with Gasteiger partial charge in [-0.3, -0.25) is 9.88 Å². The van der Waals surface area contributed by atoms with Crippen LogP contribution in [-0.4, -0.2) is 63.9 Å². The summed E-state index contributed by atoms with van der Waals surface area (Å²) in [5.41, 5.74) is 2.41. The lowest BCUT2D eigenvalue weighted by Crippen LogP contribution is -2.43. The molecule has 2 aliphatic heterocycles. The highest BCUT2D eigenvalue weighted by atomic mass is 32.1. The fourth-order valence-electron chi connectivity index (χ4n) is 5.39. The molecule has 7 heteroatoms. The topological polar surface area (TPSA) is 45.6 Å². The lowest BCUT2D eigenvalue weighted by Gasteiger charge is -2.34. The number of pyridine rings is 1. The van der Waals surface area contributed by atoms with Crippen LogP contribution in [0, 0.1) is 0 Å². The third-order valence-corrected chi connectivity index (χ3v) is 7.39. The minimum Gasteiger partial charge on any atom is -0.379 e. The Morgan fingerprint density at radius 1 is 1.03 bits per heavy atom. The van der Waals surface area contributed by atoms with E-state index in [1.165, 1.54) is 37.8 Å². The maximum atomic E-state index is 5.87. The Labute approximate surface area is 190 Å². The van der Waals surface area contributed by atoms with Gasteiger partial charge in [0.25, 0.3) is 0 Å². The van der Waals surface area contributed by atoms with E-state index < -0.39 is 0 Å². The second-order valence-corrected chi connectivity index (χ2v) is 9.29. The highest BCUT2D eigenvalue weighted by Gasteiger charge is 2.41. The molecule has 0 radical (unpaired) electrons. The van der Waals surface area contributed by atoms with Crippen molar-refractivity contribution in [3.8, 4) is 0 Å². The van der Waals surface area contributed by atoms with Crippen molar-refractivity contribution >= 4 is 17.3 Å². The van der Waals surface area contributed by atoms with E-state index in [9.17, 15) is 0 Å². The average molecular weight is 440 g/mol. The van der Waals surface area contributed by atoms with E-state index in [1.54, 1.807) is 0 Å². The molecular formula is C24H33N5OS. The van der Waals surface area contributed by atoms with E-state index in [-0.39, 0.29) is 12.1 Å². The van der Waals surface area contributed by atoms with Crippen molar-refractivity contribution in [2.24, 2.45) is 0 Å². The molecule has 2 atom stereocenters. The number of nitrogens with one attached hydrogen (secondary N) is 1. The van der Waals surface area contributed by atoms with Gasteiger partial charge in [-0.15, -0.1) is 0 Å². The van der Waals surface area contributed by atoms with Crippen LogP contribution >= 0.6 is 12.2 Å². The van der Waals surface area contributed by atoms with Gasteiger partial charge in [-0.2, -0.15) is 0 Å². The summed E-state index contributed by atoms with van der Waals surface area (Å²) in [5.74, 6) is 0. The molecule has 1 aliphatic carbocycles. The number of hydrogen-bond donors (Lipinski definition) is 1. The molecule has 0 spiro atoms. The molecule has 1 saturated carbocycles. The normalized spacial score (nSPS) is 25.7. The summed E-state index contributed by atoms with van der Waals surface area (Å²) in [4.78, 5) is 9.58. The summed E-state index contributed by atoms with van der Waals surface area (Å²) in [7, 11) is 0. The van der Waals surface area contributed by atoms with Crippen LogP contribution < -0.4 is 5.32 Å². The molecular weight excluding hydrogens is 406 g/mol. The van der Waals surface area contributed by atoms with Crippen LogP contribution in [0.5, 0.6) is 0 Å². The molecule has 1 N–H and O–H groups in total. The van der Waals surface area contributed by atoms with Gasteiger partial charge in [-0.25, -0.2) is 0 Å². The number of thiocarbonyl (C=S) groups is 1. The van der Waals surface area contributed by atoms with Gasteiger partial charge in [0, 0.05) is 50.3 Å². The largest absolute Gasteiger partial charge is 0.379 e. The molecule has 3 aliphatic rings. The number of nitrogens with zero attached hydrogens (tertiary/aromatic N) is 4. The van der Waals surface area contributed by atoms with Crippen LogP contribution in [0.15, 0.2) is 42.7 Å². The number of aromatic nitrogens is 2. The number of ether oxygens (including phenoxy) is 1. The van der Waals surface area contributed by atoms with Crippen molar-refractivity contribution in [1.82, 2.24) is 24.7 Å². The van der Waals surface area contributed by atoms with Crippen molar-refractivity contribution in [2.75, 3.05) is 39.4 Å². The van der Waals surface area contributed by atoms with E-state index >= 15 is 0 Å². The van der Waals surface area contributed by atoms with Crippen molar-refractivity contribution < 1.29 is 4.74 Å². The molecule has 0 aromatic carbocycles. The first-order chi connectivity index (χ1) is 15.3. The van der Waals surface area contributed by atoms with E-state index in [0.29, 0.717) is 6.04 Å². The standard InChI is InChI=1S/C24H33N5OS/c31-24-26-22(20-9-4-5-11-25-20)23(29(24)14-13-27-15-17-30-18-16-27)21-10-6-12-28(21)19-7-2-1-3-8-19/h4-6,9-12,19,22-23H,1-3,7-8,13-18H2,(H,26,31)/t22-,23+/m0/s1. The summed E-state index contributed by atoms with van der Waals surface area (Å²) < 4.78 is 8.06. The van der Waals surface area contributed by atoms with Crippen LogP contribution in [-0.2, 0) is 4.74 Å². The maximum Gasteiger partial charge on any atom is 0.170 e. The Morgan fingerprint density at radius 3 is 2.65 bits per heavy atom. The average Bonchev–Trinajstić information content (AvgIpc) is 3.44. The Hall–Kier alpha value is -1.96. The van der Waals surface area contributed by atoms with Crippen LogP contribution in [0.3, 0.4) is 0 Å². The van der Waals surface area contributed by atoms with Gasteiger partial charge in [-0.05, 0) is 49.3 Å². The van der Waals surface area contributed by atoms with Crippen molar-refractivity contribution in [2.45, 2.75) is 50.2 Å². The molecule has 3 fully saturated rings. The molecule has 0 amide bonds. The molecule has 31 heavy (non-hydrogen) atoms. The Balaban J connectivity index is 1.44. The second-order valence-electron chi connectivity index (χ2n) is 8.91. The van der Waals surface area contributed by atoms with Crippen molar-refractivity contribution in [3.05, 3.63) is 54.1 Å². The first-order valence-electron chi connectivity index (χ1n) is 11.8. The van der Waals surface area contributed by atoms with Gasteiger partial charge in [0.2, 0.25) is 0 Å². The first kappa shape index (κ1) is 20.9. The van der Waals surface area contributed by atoms with E-state index in [2.05, 4.69) is 50.1 Å². The highest BCUT2D eigenvalue weighted by molar-refractivity contribution is 7.80. The summed E-state index contributed by atoms with van der Waals surface area (Å²) in [6.45, 7) is 5.57. The maximum absolute atomic E-state index is 5.87. The minimum atomic E-state index is 0.0654. The lowest BCUT2D eigenvalue weighted by atomic mass is 9.94. The summed E-state index contributed by atoms with van der Waals surface area (Å²) in [6, 6.07) is 11.5. The zero-order valence-electron chi connectivity index (χ0n) is 18.2. The van der Waals surface area contributed by atoms with Gasteiger partial charge in [0.15, 0.2) is 5.11 Å². The predicted octanol–water partition coefficient (Wildman–Crippen LogP) is 3.69. The monoisotopic (exact) mass is 439 g/mol. The molecule has 2 aromatic heterocycles. The van der Waals surface area contributed by atoms with E-state index in [1.807, 2.05) is 12.3 Å². The van der Waals surface area contributed by atoms with E-state index in [4.69, 9.17) is 21.9 Å². The Morgan fingerprint density at radius 2 is 1.87 bits per heavy atom. The van der Waals surface area contributed by atoms with Crippen molar-refractivity contribution in [1.29, 1.82) is 0 Å². The van der Waals surface area contributed by atoms with Crippen LogP contribution in [0.2, 0.25) is 0 Å². The van der Waals surface area contributed by atoms with Gasteiger partial charge >= 0.3 is 0 Å². The number of morpholine rings is 1. The lowest BCUT2D eigenvalue weighted by molar-refractivity contribution is 0.0349. The Kier molecular flexibility index (Phi) is 6.53. The van der Waals surface area contributed by atoms with Crippen LogP contribution in [0.25, 0.3) is 0 Å². The molecule has 4 heterocycles.